The molecule has 1 unspecified atom stereocenters. The van der Waals surface area contributed by atoms with E-state index in [1.54, 1.807) is 0 Å². The van der Waals surface area contributed by atoms with Crippen molar-refractivity contribution in [1.29, 1.82) is 0 Å². The molecule has 0 radical (unpaired) electrons. The zero-order chi connectivity index (χ0) is 14.8. The zero-order valence-electron chi connectivity index (χ0n) is 10.5. The van der Waals surface area contributed by atoms with Crippen LogP contribution in [0.4, 0.5) is 0 Å². The van der Waals surface area contributed by atoms with Crippen LogP contribution in [-0.4, -0.2) is 69.4 Å². The molecule has 0 spiro atoms. The molecular weight excluding hydrogens is 288 g/mol. The van der Waals surface area contributed by atoms with E-state index in [1.807, 2.05) is 0 Å². The van der Waals surface area contributed by atoms with Crippen molar-refractivity contribution in [1.82, 2.24) is 19.9 Å². The minimum atomic E-state index is -3.19. The Morgan fingerprint density at radius 3 is 2.70 bits per heavy atom. The van der Waals surface area contributed by atoms with Gasteiger partial charge in [-0.25, -0.2) is 13.1 Å². The fourth-order valence-electron chi connectivity index (χ4n) is 2.13. The average Bonchev–Trinajstić information content (AvgIpc) is 2.95. The van der Waals surface area contributed by atoms with E-state index >= 15 is 0 Å². The van der Waals surface area contributed by atoms with Crippen LogP contribution in [0.15, 0.2) is 12.4 Å². The lowest BCUT2D eigenvalue weighted by Gasteiger charge is -2.26. The Bertz CT molecular complexity index is 597. The van der Waals surface area contributed by atoms with Gasteiger partial charge in [0.05, 0.1) is 17.7 Å². The number of carbonyl (C=O) groups is 2. The predicted molar refractivity (Wildman–Crippen MR) is 66.4 cm³/mol. The number of nitrogens with zero attached hydrogens (tertiary/aromatic N) is 4. The normalized spacial score (nSPS) is 20.7. The van der Waals surface area contributed by atoms with Crippen molar-refractivity contribution < 1.29 is 23.1 Å². The molecular formula is C10H14N4O5S. The molecule has 1 saturated heterocycles. The second kappa shape index (κ2) is 5.57. The van der Waals surface area contributed by atoms with Crippen LogP contribution in [0.3, 0.4) is 0 Å². The Balaban J connectivity index is 2.11. The van der Waals surface area contributed by atoms with E-state index in [0.717, 1.165) is 4.90 Å². The van der Waals surface area contributed by atoms with Gasteiger partial charge in [-0.15, -0.1) is 5.10 Å². The van der Waals surface area contributed by atoms with Crippen molar-refractivity contribution in [3.05, 3.63) is 12.4 Å². The van der Waals surface area contributed by atoms with E-state index in [2.05, 4.69) is 10.3 Å². The summed E-state index contributed by atoms with van der Waals surface area (Å²) < 4.78 is 24.2. The van der Waals surface area contributed by atoms with Crippen molar-refractivity contribution in [2.45, 2.75) is 19.0 Å². The topological polar surface area (TPSA) is 122 Å². The Kier molecular flexibility index (Phi) is 4.02. The Hall–Kier alpha value is -1.97. The van der Waals surface area contributed by atoms with Gasteiger partial charge in [-0.05, 0) is 6.42 Å². The van der Waals surface area contributed by atoms with Crippen LogP contribution in [-0.2, 0) is 26.0 Å². The molecule has 1 aromatic heterocycles. The van der Waals surface area contributed by atoms with E-state index < -0.39 is 34.3 Å². The molecule has 1 amide bonds. The molecule has 20 heavy (non-hydrogen) atoms. The van der Waals surface area contributed by atoms with Gasteiger partial charge in [-0.2, -0.15) is 0 Å². The highest BCUT2D eigenvalue weighted by Crippen LogP contribution is 2.18. The van der Waals surface area contributed by atoms with Crippen LogP contribution >= 0.6 is 0 Å². The number of aliphatic carboxylic acids is 1. The maximum absolute atomic E-state index is 12.1. The number of sulfone groups is 1. The smallest absolute Gasteiger partial charge is 0.323 e. The van der Waals surface area contributed by atoms with E-state index in [0.29, 0.717) is 0 Å². The van der Waals surface area contributed by atoms with Gasteiger partial charge in [0, 0.05) is 12.2 Å². The Morgan fingerprint density at radius 1 is 1.45 bits per heavy atom. The number of hydrogen-bond donors (Lipinski definition) is 1. The fourth-order valence-corrected chi connectivity index (χ4v) is 3.87. The summed E-state index contributed by atoms with van der Waals surface area (Å²) in [6.45, 7) is -0.683. The maximum Gasteiger partial charge on any atom is 0.323 e. The van der Waals surface area contributed by atoms with Crippen LogP contribution in [0.5, 0.6) is 0 Å². The predicted octanol–water partition coefficient (Wildman–Crippen LogP) is -1.62. The molecule has 2 rings (SSSR count). The van der Waals surface area contributed by atoms with E-state index in [9.17, 15) is 18.0 Å². The lowest BCUT2D eigenvalue weighted by molar-refractivity contribution is -0.146. The highest BCUT2D eigenvalue weighted by Gasteiger charge is 2.35. The van der Waals surface area contributed by atoms with Crippen molar-refractivity contribution in [2.75, 3.05) is 18.1 Å². The summed E-state index contributed by atoms with van der Waals surface area (Å²) in [5.74, 6) is -1.88. The summed E-state index contributed by atoms with van der Waals surface area (Å²) in [5, 5.41) is 16.0. The second-order valence-electron chi connectivity index (χ2n) is 4.57. The summed E-state index contributed by atoms with van der Waals surface area (Å²) in [6, 6.07) is -0.591. The number of carboxylic acids is 1. The minimum Gasteiger partial charge on any atom is -0.480 e. The van der Waals surface area contributed by atoms with Gasteiger partial charge in [-0.1, -0.05) is 5.21 Å². The van der Waals surface area contributed by atoms with Crippen molar-refractivity contribution in [3.63, 3.8) is 0 Å². The van der Waals surface area contributed by atoms with Gasteiger partial charge < -0.3 is 10.0 Å². The first-order valence-electron chi connectivity index (χ1n) is 5.93. The van der Waals surface area contributed by atoms with Gasteiger partial charge >= 0.3 is 5.97 Å². The summed E-state index contributed by atoms with van der Waals surface area (Å²) in [7, 11) is -3.19. The molecule has 2 heterocycles. The molecule has 1 N–H and O–H groups in total. The quantitative estimate of drug-likeness (QED) is 0.693. The fraction of sp³-hybridized carbons (Fsp3) is 0.600. The monoisotopic (exact) mass is 302 g/mol. The largest absolute Gasteiger partial charge is 0.480 e. The molecule has 1 aromatic rings. The highest BCUT2D eigenvalue weighted by atomic mass is 32.2. The highest BCUT2D eigenvalue weighted by molar-refractivity contribution is 7.91. The van der Waals surface area contributed by atoms with Gasteiger partial charge in [0.15, 0.2) is 9.84 Å². The number of aromatic nitrogens is 3. The lowest BCUT2D eigenvalue weighted by atomic mass is 10.2. The third-order valence-corrected chi connectivity index (χ3v) is 4.79. The van der Waals surface area contributed by atoms with E-state index in [1.165, 1.54) is 17.1 Å². The van der Waals surface area contributed by atoms with E-state index in [-0.39, 0.29) is 24.5 Å². The second-order valence-corrected chi connectivity index (χ2v) is 6.80. The average molecular weight is 302 g/mol. The van der Waals surface area contributed by atoms with Crippen LogP contribution in [0, 0.1) is 0 Å². The molecule has 110 valence electrons. The first-order chi connectivity index (χ1) is 9.37. The number of carboxylic acid groups (broad SMARTS) is 1. The summed E-state index contributed by atoms with van der Waals surface area (Å²) in [6.07, 6.45) is 3.13. The molecule has 1 fully saturated rings. The summed E-state index contributed by atoms with van der Waals surface area (Å²) in [4.78, 5) is 24.1. The van der Waals surface area contributed by atoms with Crippen LogP contribution in [0.25, 0.3) is 0 Å². The van der Waals surface area contributed by atoms with Crippen molar-refractivity contribution in [2.24, 2.45) is 0 Å². The molecule has 0 saturated carbocycles. The maximum atomic E-state index is 12.1. The molecule has 1 aliphatic rings. The Labute approximate surface area is 115 Å². The van der Waals surface area contributed by atoms with Crippen LogP contribution in [0.1, 0.15) is 6.42 Å². The molecule has 0 aliphatic carbocycles. The first-order valence-corrected chi connectivity index (χ1v) is 7.75. The summed E-state index contributed by atoms with van der Waals surface area (Å²) in [5.41, 5.74) is 0. The molecule has 1 aliphatic heterocycles. The van der Waals surface area contributed by atoms with Gasteiger partial charge in [0.25, 0.3) is 0 Å². The van der Waals surface area contributed by atoms with Gasteiger partial charge in [0.1, 0.15) is 13.1 Å². The number of amides is 1. The minimum absolute atomic E-state index is 0.0234. The number of rotatable bonds is 5. The first kappa shape index (κ1) is 14.4. The van der Waals surface area contributed by atoms with Gasteiger partial charge in [0.2, 0.25) is 5.91 Å². The molecule has 1 atom stereocenters. The number of hydrogen-bond acceptors (Lipinski definition) is 6. The SMILES string of the molecule is O=C(O)CN(C(=O)Cn1ccnn1)C1CCS(=O)(=O)C1. The summed E-state index contributed by atoms with van der Waals surface area (Å²) >= 11 is 0. The molecule has 0 bridgehead atoms. The van der Waals surface area contributed by atoms with E-state index in [4.69, 9.17) is 5.11 Å². The molecule has 9 nitrogen and oxygen atoms in total. The molecule has 10 heteroatoms. The zero-order valence-corrected chi connectivity index (χ0v) is 11.4. The van der Waals surface area contributed by atoms with Crippen LogP contribution < -0.4 is 0 Å². The van der Waals surface area contributed by atoms with Crippen molar-refractivity contribution in [3.8, 4) is 0 Å². The van der Waals surface area contributed by atoms with Crippen molar-refractivity contribution >= 4 is 21.7 Å². The third-order valence-electron chi connectivity index (χ3n) is 3.04. The number of carbonyl (C=O) groups excluding carboxylic acids is 1. The standard InChI is InChI=1S/C10H14N4O5S/c15-9(5-13-3-2-11-12-13)14(6-10(16)17)8-1-4-20(18,19)7-8/h2-3,8H,1,4-7H2,(H,16,17). The third kappa shape index (κ3) is 3.53. The lowest BCUT2D eigenvalue weighted by Crippen LogP contribution is -2.45. The van der Waals surface area contributed by atoms with Crippen LogP contribution in [0.2, 0.25) is 0 Å². The van der Waals surface area contributed by atoms with Gasteiger partial charge in [-0.3, -0.25) is 9.59 Å². The Morgan fingerprint density at radius 2 is 2.20 bits per heavy atom. The molecule has 0 aromatic carbocycles.